The number of carboxylic acid groups (broad SMARTS) is 1. The van der Waals surface area contributed by atoms with E-state index in [4.69, 9.17) is 10.8 Å². The van der Waals surface area contributed by atoms with Crippen LogP contribution in [0, 0.1) is 6.92 Å². The number of nitrogens with two attached hydrogens (primary N) is 1. The van der Waals surface area contributed by atoms with Crippen LogP contribution in [0.4, 0.5) is 5.82 Å². The molecule has 4 N–H and O–H groups in total. The summed E-state index contributed by atoms with van der Waals surface area (Å²) in [4.78, 5) is 25.2. The Balaban J connectivity index is 2.66. The van der Waals surface area contributed by atoms with Gasteiger partial charge in [-0.25, -0.2) is 9.78 Å². The van der Waals surface area contributed by atoms with E-state index in [0.29, 0.717) is 18.1 Å². The van der Waals surface area contributed by atoms with Crippen molar-refractivity contribution in [3.63, 3.8) is 0 Å². The lowest BCUT2D eigenvalue weighted by Gasteiger charge is -2.06. The number of amides is 1. The Kier molecular flexibility index (Phi) is 3.82. The predicted molar refractivity (Wildman–Crippen MR) is 58.2 cm³/mol. The van der Waals surface area contributed by atoms with E-state index in [-0.39, 0.29) is 12.0 Å². The molecular formula is C10H13N3O3. The van der Waals surface area contributed by atoms with Crippen molar-refractivity contribution in [2.24, 2.45) is 5.73 Å². The van der Waals surface area contributed by atoms with Crippen LogP contribution in [-0.2, 0) is 4.79 Å². The number of carbonyl (C=O) groups excluding carboxylic acids is 1. The molecule has 0 bridgehead atoms. The van der Waals surface area contributed by atoms with Crippen LogP contribution < -0.4 is 11.1 Å². The van der Waals surface area contributed by atoms with E-state index in [1.807, 2.05) is 0 Å². The number of hydrogen-bond acceptors (Lipinski definition) is 4. The first-order valence-corrected chi connectivity index (χ1v) is 4.74. The summed E-state index contributed by atoms with van der Waals surface area (Å²) in [6, 6.07) is 3.02. The summed E-state index contributed by atoms with van der Waals surface area (Å²) >= 11 is 0. The van der Waals surface area contributed by atoms with Gasteiger partial charge in [-0.15, -0.1) is 0 Å². The van der Waals surface area contributed by atoms with Gasteiger partial charge >= 0.3 is 5.97 Å². The zero-order chi connectivity index (χ0) is 12.1. The van der Waals surface area contributed by atoms with Gasteiger partial charge in [-0.1, -0.05) is 0 Å². The first kappa shape index (κ1) is 12.0. The summed E-state index contributed by atoms with van der Waals surface area (Å²) in [5.74, 6) is -0.871. The average Bonchev–Trinajstić information content (AvgIpc) is 2.16. The molecule has 6 heteroatoms. The molecule has 1 rings (SSSR count). The molecule has 0 spiro atoms. The lowest BCUT2D eigenvalue weighted by molar-refractivity contribution is -0.117. The van der Waals surface area contributed by atoms with Gasteiger partial charge in [0.25, 0.3) is 0 Å². The van der Waals surface area contributed by atoms with Gasteiger partial charge in [-0.05, 0) is 19.1 Å². The number of carbonyl (C=O) groups is 2. The smallest absolute Gasteiger partial charge is 0.337 e. The molecule has 0 saturated carbocycles. The Hall–Kier alpha value is -2.11. The first-order valence-electron chi connectivity index (χ1n) is 4.74. The fourth-order valence-electron chi connectivity index (χ4n) is 1.20. The minimum atomic E-state index is -1.01. The van der Waals surface area contributed by atoms with Crippen LogP contribution in [0.3, 0.4) is 0 Å². The van der Waals surface area contributed by atoms with Crippen molar-refractivity contribution in [1.82, 2.24) is 4.98 Å². The molecule has 16 heavy (non-hydrogen) atoms. The maximum Gasteiger partial charge on any atom is 0.337 e. The van der Waals surface area contributed by atoms with Gasteiger partial charge in [0.15, 0.2) is 0 Å². The van der Waals surface area contributed by atoms with Gasteiger partial charge in [0, 0.05) is 13.0 Å². The Bertz CT molecular complexity index is 418. The number of hydrogen-bond donors (Lipinski definition) is 3. The van der Waals surface area contributed by atoms with Gasteiger partial charge < -0.3 is 16.2 Å². The van der Waals surface area contributed by atoms with E-state index in [1.165, 1.54) is 6.07 Å². The van der Waals surface area contributed by atoms with Gasteiger partial charge in [0.05, 0.1) is 11.3 Å². The Labute approximate surface area is 92.5 Å². The molecule has 0 aliphatic heterocycles. The largest absolute Gasteiger partial charge is 0.478 e. The summed E-state index contributed by atoms with van der Waals surface area (Å²) in [5, 5.41) is 11.7. The fourth-order valence-corrected chi connectivity index (χ4v) is 1.20. The van der Waals surface area contributed by atoms with Crippen molar-refractivity contribution >= 4 is 17.7 Å². The zero-order valence-corrected chi connectivity index (χ0v) is 8.86. The number of aromatic carboxylic acids is 1. The third-order valence-corrected chi connectivity index (χ3v) is 1.99. The molecule has 1 heterocycles. The van der Waals surface area contributed by atoms with Gasteiger partial charge in [-0.3, -0.25) is 4.79 Å². The number of anilines is 1. The number of aryl methyl sites for hydroxylation is 1. The van der Waals surface area contributed by atoms with Crippen molar-refractivity contribution < 1.29 is 14.7 Å². The first-order chi connectivity index (χ1) is 7.50. The van der Waals surface area contributed by atoms with Crippen molar-refractivity contribution in [2.45, 2.75) is 13.3 Å². The van der Waals surface area contributed by atoms with Crippen LogP contribution in [-0.4, -0.2) is 28.5 Å². The number of rotatable bonds is 5. The molecule has 0 radical (unpaired) electrons. The molecular weight excluding hydrogens is 210 g/mol. The molecule has 1 aromatic heterocycles. The SMILES string of the molecule is Cc1nc(NCCC(N)=O)ccc1C(=O)O. The normalized spacial score (nSPS) is 9.81. The molecule has 0 aliphatic carbocycles. The second kappa shape index (κ2) is 5.11. The summed E-state index contributed by atoms with van der Waals surface area (Å²) in [5.41, 5.74) is 5.57. The van der Waals surface area contributed by atoms with Crippen molar-refractivity contribution in [1.29, 1.82) is 0 Å². The lowest BCUT2D eigenvalue weighted by atomic mass is 10.2. The second-order valence-electron chi connectivity index (χ2n) is 3.28. The molecule has 0 aromatic carbocycles. The lowest BCUT2D eigenvalue weighted by Crippen LogP contribution is -2.16. The molecule has 1 amide bonds. The molecule has 0 fully saturated rings. The summed E-state index contributed by atoms with van der Waals surface area (Å²) < 4.78 is 0. The second-order valence-corrected chi connectivity index (χ2v) is 3.28. The highest BCUT2D eigenvalue weighted by Gasteiger charge is 2.08. The molecule has 0 unspecified atom stereocenters. The minimum Gasteiger partial charge on any atom is -0.478 e. The number of primary amides is 1. The molecule has 0 atom stereocenters. The summed E-state index contributed by atoms with van der Waals surface area (Å²) in [6.45, 7) is 2.00. The van der Waals surface area contributed by atoms with Crippen molar-refractivity contribution in [2.75, 3.05) is 11.9 Å². The van der Waals surface area contributed by atoms with Gasteiger partial charge in [0.1, 0.15) is 5.82 Å². The van der Waals surface area contributed by atoms with Gasteiger partial charge in [0.2, 0.25) is 5.91 Å². The Morgan fingerprint density at radius 3 is 2.69 bits per heavy atom. The van der Waals surface area contributed by atoms with E-state index < -0.39 is 11.9 Å². The third-order valence-electron chi connectivity index (χ3n) is 1.99. The molecule has 0 saturated heterocycles. The standard InChI is InChI=1S/C10H13N3O3/c1-6-7(10(15)16)2-3-9(13-6)12-5-4-8(11)14/h2-3H,4-5H2,1H3,(H2,11,14)(H,12,13)(H,15,16). The van der Waals surface area contributed by atoms with Crippen LogP contribution in [0.25, 0.3) is 0 Å². The fraction of sp³-hybridized carbons (Fsp3) is 0.300. The topological polar surface area (TPSA) is 105 Å². The van der Waals surface area contributed by atoms with Crippen LogP contribution >= 0.6 is 0 Å². The van der Waals surface area contributed by atoms with Crippen LogP contribution in [0.5, 0.6) is 0 Å². The molecule has 1 aromatic rings. The van der Waals surface area contributed by atoms with E-state index >= 15 is 0 Å². The molecule has 0 aliphatic rings. The van der Waals surface area contributed by atoms with E-state index in [9.17, 15) is 9.59 Å². The number of nitrogens with zero attached hydrogens (tertiary/aromatic N) is 1. The number of pyridine rings is 1. The molecule has 86 valence electrons. The minimum absolute atomic E-state index is 0.167. The van der Waals surface area contributed by atoms with E-state index in [1.54, 1.807) is 13.0 Å². The summed E-state index contributed by atoms with van der Waals surface area (Å²) in [6.07, 6.45) is 0.210. The molecule has 6 nitrogen and oxygen atoms in total. The zero-order valence-electron chi connectivity index (χ0n) is 8.86. The number of carboxylic acids is 1. The highest BCUT2D eigenvalue weighted by atomic mass is 16.4. The quantitative estimate of drug-likeness (QED) is 0.669. The van der Waals surface area contributed by atoms with Crippen LogP contribution in [0.2, 0.25) is 0 Å². The third kappa shape index (κ3) is 3.23. The van der Waals surface area contributed by atoms with Crippen molar-refractivity contribution in [3.05, 3.63) is 23.4 Å². The Morgan fingerprint density at radius 1 is 1.50 bits per heavy atom. The average molecular weight is 223 g/mol. The Morgan fingerprint density at radius 2 is 2.19 bits per heavy atom. The van der Waals surface area contributed by atoms with Crippen LogP contribution in [0.15, 0.2) is 12.1 Å². The monoisotopic (exact) mass is 223 g/mol. The highest BCUT2D eigenvalue weighted by Crippen LogP contribution is 2.10. The predicted octanol–water partition coefficient (Wildman–Crippen LogP) is 0.376. The van der Waals surface area contributed by atoms with Crippen molar-refractivity contribution in [3.8, 4) is 0 Å². The maximum atomic E-state index is 10.7. The highest BCUT2D eigenvalue weighted by molar-refractivity contribution is 5.89. The van der Waals surface area contributed by atoms with Crippen LogP contribution in [0.1, 0.15) is 22.5 Å². The maximum absolute atomic E-state index is 10.7. The van der Waals surface area contributed by atoms with E-state index in [0.717, 1.165) is 0 Å². The summed E-state index contributed by atoms with van der Waals surface area (Å²) in [7, 11) is 0. The van der Waals surface area contributed by atoms with E-state index in [2.05, 4.69) is 10.3 Å². The number of aromatic nitrogens is 1. The number of nitrogens with one attached hydrogen (secondary N) is 1. The van der Waals surface area contributed by atoms with Gasteiger partial charge in [-0.2, -0.15) is 0 Å².